The van der Waals surface area contributed by atoms with Crippen molar-refractivity contribution in [3.63, 3.8) is 0 Å². The first-order chi connectivity index (χ1) is 16.4. The molecular weight excluding hydrogens is 470 g/mol. The van der Waals surface area contributed by atoms with Gasteiger partial charge in [-0.05, 0) is 80.8 Å². The molecule has 1 atom stereocenters. The minimum Gasteiger partial charge on any atom is -0.495 e. The molecule has 1 aliphatic heterocycles. The van der Waals surface area contributed by atoms with Crippen molar-refractivity contribution in [2.45, 2.75) is 52.2 Å². The number of pyridine rings is 1. The molecule has 1 aromatic heterocycles. The number of hydrogen-bond donors (Lipinski definition) is 1. The van der Waals surface area contributed by atoms with Gasteiger partial charge in [0, 0.05) is 12.6 Å². The number of carboxylic acids is 1. The van der Waals surface area contributed by atoms with E-state index in [2.05, 4.69) is 0 Å². The lowest BCUT2D eigenvalue weighted by molar-refractivity contribution is -0.161. The Morgan fingerprint density at radius 1 is 1.23 bits per heavy atom. The molecule has 0 spiro atoms. The number of rotatable bonds is 5. The Hall–Kier alpha value is -3.03. The maximum Gasteiger partial charge on any atom is 0.339 e. The highest BCUT2D eigenvalue weighted by Gasteiger charge is 2.34. The first-order valence-corrected chi connectivity index (χ1v) is 11.9. The topological polar surface area (TPSA) is 87.0 Å². The fraction of sp³-hybridized carbons (Fsp3) is 0.407. The number of aromatic nitrogens is 1. The van der Waals surface area contributed by atoms with Crippen LogP contribution in [0, 0.1) is 6.92 Å². The van der Waals surface area contributed by atoms with Crippen LogP contribution in [0.5, 0.6) is 11.5 Å². The Morgan fingerprint density at radius 3 is 2.57 bits per heavy atom. The zero-order valence-corrected chi connectivity index (χ0v) is 21.6. The number of carbonyl (C=O) groups is 1. The zero-order valence-electron chi connectivity index (χ0n) is 20.8. The third-order valence-corrected chi connectivity index (χ3v) is 6.61. The highest BCUT2D eigenvalue weighted by Crippen LogP contribution is 2.43. The smallest absolute Gasteiger partial charge is 0.339 e. The minimum absolute atomic E-state index is 0.255. The molecule has 0 saturated carbocycles. The van der Waals surface area contributed by atoms with Gasteiger partial charge in [-0.2, -0.15) is 0 Å². The van der Waals surface area contributed by atoms with E-state index in [1.807, 2.05) is 19.1 Å². The molecule has 3 aromatic rings. The van der Waals surface area contributed by atoms with E-state index in [9.17, 15) is 14.7 Å². The van der Waals surface area contributed by atoms with Crippen molar-refractivity contribution < 1.29 is 24.1 Å². The predicted molar refractivity (Wildman–Crippen MR) is 136 cm³/mol. The minimum atomic E-state index is -1.39. The Bertz CT molecular complexity index is 1390. The summed E-state index contributed by atoms with van der Waals surface area (Å²) in [5.41, 5.74) is 2.55. The number of aliphatic carboxylic acids is 1. The van der Waals surface area contributed by atoms with Crippen LogP contribution >= 0.6 is 11.6 Å². The summed E-state index contributed by atoms with van der Waals surface area (Å²) in [6, 6.07) is 7.09. The predicted octanol–water partition coefficient (Wildman–Crippen LogP) is 5.44. The Labute approximate surface area is 209 Å². The van der Waals surface area contributed by atoms with E-state index in [4.69, 9.17) is 25.8 Å². The Balaban J connectivity index is 2.18. The van der Waals surface area contributed by atoms with Gasteiger partial charge in [-0.3, -0.25) is 4.79 Å². The van der Waals surface area contributed by atoms with Crippen molar-refractivity contribution >= 4 is 28.3 Å². The number of ether oxygens (including phenoxy) is 3. The molecular formula is C27H30ClNO6. The summed E-state index contributed by atoms with van der Waals surface area (Å²) in [6.45, 7) is 8.01. The summed E-state index contributed by atoms with van der Waals surface area (Å²) in [7, 11) is 3.05. The van der Waals surface area contributed by atoms with Gasteiger partial charge in [0.15, 0.2) is 6.10 Å². The quantitative estimate of drug-likeness (QED) is 0.503. The third-order valence-electron chi connectivity index (χ3n) is 6.31. The number of fused-ring (bicyclic) bond motifs is 2. The fourth-order valence-electron chi connectivity index (χ4n) is 4.74. The van der Waals surface area contributed by atoms with Crippen LogP contribution in [0.25, 0.3) is 21.9 Å². The van der Waals surface area contributed by atoms with Crippen LogP contribution in [-0.4, -0.2) is 35.0 Å². The summed E-state index contributed by atoms with van der Waals surface area (Å²) in [6.07, 6.45) is 0.356. The summed E-state index contributed by atoms with van der Waals surface area (Å²) in [5, 5.41) is 11.5. The Morgan fingerprint density at radius 2 is 1.94 bits per heavy atom. The van der Waals surface area contributed by atoms with Crippen molar-refractivity contribution in [3.8, 4) is 22.6 Å². The molecule has 0 bridgehead atoms. The first-order valence-electron chi connectivity index (χ1n) is 11.5. The number of methoxy groups -OCH3 is 1. The second kappa shape index (κ2) is 9.21. The molecule has 0 fully saturated rings. The zero-order chi connectivity index (χ0) is 25.7. The summed E-state index contributed by atoms with van der Waals surface area (Å²) < 4.78 is 18.6. The number of halogens is 1. The van der Waals surface area contributed by atoms with E-state index in [1.54, 1.807) is 40.0 Å². The van der Waals surface area contributed by atoms with Gasteiger partial charge in [-0.15, -0.1) is 0 Å². The van der Waals surface area contributed by atoms with Crippen LogP contribution in [0.2, 0.25) is 5.02 Å². The SMILES string of the molecule is COc1cc2c(=O)n(C)c(C(OC(C)(C)C)C(=O)O)c(-c3ccc4c(c3C)CCCO4)c2cc1Cl. The van der Waals surface area contributed by atoms with Crippen molar-refractivity contribution in [1.29, 1.82) is 0 Å². The number of carboxylic acid groups (broad SMARTS) is 1. The first kappa shape index (κ1) is 25.1. The molecule has 1 aliphatic rings. The maximum atomic E-state index is 13.5. The van der Waals surface area contributed by atoms with Crippen molar-refractivity contribution in [2.24, 2.45) is 7.05 Å². The molecule has 1 N–H and O–H groups in total. The highest BCUT2D eigenvalue weighted by molar-refractivity contribution is 6.33. The lowest BCUT2D eigenvalue weighted by Crippen LogP contribution is -2.33. The van der Waals surface area contributed by atoms with Crippen LogP contribution < -0.4 is 15.0 Å². The standard InChI is InChI=1S/C27H30ClNO6/c1-14-15-8-7-11-34-20(15)10-9-16(14)22-17-12-19(28)21(33-6)13-18(17)25(30)29(5)23(22)24(26(31)32)35-27(2,3)4/h9-10,12-13,24H,7-8,11H2,1-6H3,(H,31,32). The molecule has 4 rings (SSSR count). The van der Waals surface area contributed by atoms with E-state index in [0.29, 0.717) is 33.7 Å². The number of benzene rings is 2. The van der Waals surface area contributed by atoms with Crippen LogP contribution in [0.4, 0.5) is 0 Å². The Kier molecular flexibility index (Phi) is 6.60. The molecule has 7 nitrogen and oxygen atoms in total. The van der Waals surface area contributed by atoms with Gasteiger partial charge in [0.05, 0.1) is 35.4 Å². The van der Waals surface area contributed by atoms with E-state index >= 15 is 0 Å². The molecule has 186 valence electrons. The van der Waals surface area contributed by atoms with Crippen LogP contribution in [-0.2, 0) is 23.0 Å². The normalized spacial score (nSPS) is 14.4. The molecule has 0 amide bonds. The van der Waals surface area contributed by atoms with Crippen LogP contribution in [0.15, 0.2) is 29.1 Å². The van der Waals surface area contributed by atoms with E-state index < -0.39 is 17.7 Å². The van der Waals surface area contributed by atoms with Crippen molar-refractivity contribution in [2.75, 3.05) is 13.7 Å². The summed E-state index contributed by atoms with van der Waals surface area (Å²) in [4.78, 5) is 26.1. The average Bonchev–Trinajstić information content (AvgIpc) is 2.80. The monoisotopic (exact) mass is 499 g/mol. The highest BCUT2D eigenvalue weighted by atomic mass is 35.5. The van der Waals surface area contributed by atoms with Gasteiger partial charge < -0.3 is 23.9 Å². The van der Waals surface area contributed by atoms with E-state index in [0.717, 1.165) is 35.3 Å². The average molecular weight is 500 g/mol. The second-order valence-electron chi connectivity index (χ2n) is 9.77. The molecule has 2 aromatic carbocycles. The number of nitrogens with zero attached hydrogens (tertiary/aromatic N) is 1. The van der Waals surface area contributed by atoms with Crippen molar-refractivity contribution in [1.82, 2.24) is 4.57 Å². The van der Waals surface area contributed by atoms with Gasteiger partial charge in [0.1, 0.15) is 11.5 Å². The van der Waals surface area contributed by atoms with Gasteiger partial charge in [-0.1, -0.05) is 17.7 Å². The fourth-order valence-corrected chi connectivity index (χ4v) is 4.98. The lowest BCUT2D eigenvalue weighted by Gasteiger charge is -2.29. The van der Waals surface area contributed by atoms with Crippen LogP contribution in [0.1, 0.15) is 50.1 Å². The molecule has 35 heavy (non-hydrogen) atoms. The molecule has 0 aliphatic carbocycles. The van der Waals surface area contributed by atoms with Gasteiger partial charge >= 0.3 is 5.97 Å². The molecule has 1 unspecified atom stereocenters. The largest absolute Gasteiger partial charge is 0.495 e. The van der Waals surface area contributed by atoms with Gasteiger partial charge in [0.2, 0.25) is 0 Å². The molecule has 2 heterocycles. The van der Waals surface area contributed by atoms with Gasteiger partial charge in [0.25, 0.3) is 5.56 Å². The molecule has 8 heteroatoms. The maximum absolute atomic E-state index is 13.5. The second-order valence-corrected chi connectivity index (χ2v) is 10.2. The van der Waals surface area contributed by atoms with Gasteiger partial charge in [-0.25, -0.2) is 4.79 Å². The van der Waals surface area contributed by atoms with E-state index in [1.165, 1.54) is 11.7 Å². The third kappa shape index (κ3) is 4.50. The summed E-state index contributed by atoms with van der Waals surface area (Å²) >= 11 is 6.51. The lowest BCUT2D eigenvalue weighted by atomic mass is 9.88. The molecule has 0 saturated heterocycles. The van der Waals surface area contributed by atoms with E-state index in [-0.39, 0.29) is 11.3 Å². The van der Waals surface area contributed by atoms with Crippen LogP contribution in [0.3, 0.4) is 0 Å². The van der Waals surface area contributed by atoms with Crippen molar-refractivity contribution in [3.05, 3.63) is 56.5 Å². The number of hydrogen-bond acceptors (Lipinski definition) is 5. The summed E-state index contributed by atoms with van der Waals surface area (Å²) in [5.74, 6) is 0.00828. The molecule has 0 radical (unpaired) electrons.